The number of nitrogens with one attached hydrogen (secondary N) is 1. The van der Waals surface area contributed by atoms with Crippen LogP contribution >= 0.6 is 11.3 Å². The van der Waals surface area contributed by atoms with E-state index >= 15 is 0 Å². The summed E-state index contributed by atoms with van der Waals surface area (Å²) in [5, 5.41) is 14.0. The average molecular weight is 284 g/mol. The Morgan fingerprint density at radius 2 is 2.32 bits per heavy atom. The molecule has 0 unspecified atom stereocenters. The second kappa shape index (κ2) is 6.45. The lowest BCUT2D eigenvalue weighted by Gasteiger charge is -2.31. The molecule has 1 aliphatic rings. The topological polar surface area (TPSA) is 71.5 Å². The largest absolute Gasteiger partial charge is 0.388 e. The molecule has 6 heteroatoms. The molecule has 0 saturated carbocycles. The molecule has 1 aromatic rings. The van der Waals surface area contributed by atoms with Crippen LogP contribution in [0.1, 0.15) is 40.9 Å². The maximum absolute atomic E-state index is 12.0. The third-order valence-corrected chi connectivity index (χ3v) is 4.30. The monoisotopic (exact) mass is 284 g/mol. The third kappa shape index (κ3) is 3.99. The second-order valence-corrected chi connectivity index (χ2v) is 6.00. The van der Waals surface area contributed by atoms with Crippen LogP contribution in [0.25, 0.3) is 0 Å². The van der Waals surface area contributed by atoms with E-state index in [1.807, 2.05) is 0 Å². The summed E-state index contributed by atoms with van der Waals surface area (Å²) in [7, 11) is 0. The minimum absolute atomic E-state index is 0.153. The van der Waals surface area contributed by atoms with Gasteiger partial charge in [-0.1, -0.05) is 6.92 Å². The van der Waals surface area contributed by atoms with Gasteiger partial charge in [0.25, 0.3) is 5.91 Å². The molecule has 0 bridgehead atoms. The molecule has 2 N–H and O–H groups in total. The van der Waals surface area contributed by atoms with E-state index in [4.69, 9.17) is 4.74 Å². The highest BCUT2D eigenvalue weighted by molar-refractivity contribution is 7.13. The molecule has 0 spiro atoms. The normalized spacial score (nSPS) is 18.2. The molecule has 1 aliphatic heterocycles. The SMILES string of the molecule is CCCc1ncc(C(=O)NCC2(O)CCOCC2)s1. The van der Waals surface area contributed by atoms with Crippen LogP contribution in [0.5, 0.6) is 0 Å². The summed E-state index contributed by atoms with van der Waals surface area (Å²) in [5.41, 5.74) is -0.829. The van der Waals surface area contributed by atoms with Crippen LogP contribution in [0.15, 0.2) is 6.20 Å². The summed E-state index contributed by atoms with van der Waals surface area (Å²) in [6.45, 7) is 3.46. The van der Waals surface area contributed by atoms with Crippen LogP contribution in [-0.4, -0.2) is 41.4 Å². The maximum Gasteiger partial charge on any atom is 0.263 e. The van der Waals surface area contributed by atoms with Crippen molar-refractivity contribution in [1.82, 2.24) is 10.3 Å². The summed E-state index contributed by atoms with van der Waals surface area (Å²) in [6.07, 6.45) is 4.67. The van der Waals surface area contributed by atoms with Crippen LogP contribution in [0.4, 0.5) is 0 Å². The average Bonchev–Trinajstić information content (AvgIpc) is 2.86. The summed E-state index contributed by atoms with van der Waals surface area (Å²) in [6, 6.07) is 0. The Kier molecular flexibility index (Phi) is 4.90. The number of rotatable bonds is 5. The molecule has 0 aromatic carbocycles. The number of aromatic nitrogens is 1. The van der Waals surface area contributed by atoms with Crippen molar-refractivity contribution in [2.24, 2.45) is 0 Å². The minimum Gasteiger partial charge on any atom is -0.388 e. The first-order valence-corrected chi connectivity index (χ1v) is 7.48. The van der Waals surface area contributed by atoms with Crippen molar-refractivity contribution in [1.29, 1.82) is 0 Å². The van der Waals surface area contributed by atoms with Crippen molar-refractivity contribution in [2.75, 3.05) is 19.8 Å². The molecule has 1 aromatic heterocycles. The number of aryl methyl sites for hydroxylation is 1. The van der Waals surface area contributed by atoms with Crippen molar-refractivity contribution < 1.29 is 14.6 Å². The van der Waals surface area contributed by atoms with Gasteiger partial charge in [0.1, 0.15) is 4.88 Å². The Bertz CT molecular complexity index is 427. The van der Waals surface area contributed by atoms with Gasteiger partial charge in [-0.25, -0.2) is 4.98 Å². The van der Waals surface area contributed by atoms with E-state index in [1.54, 1.807) is 6.20 Å². The van der Waals surface area contributed by atoms with Gasteiger partial charge in [-0.2, -0.15) is 0 Å². The zero-order valence-electron chi connectivity index (χ0n) is 11.1. The highest BCUT2D eigenvalue weighted by Gasteiger charge is 2.30. The Labute approximate surface area is 117 Å². The van der Waals surface area contributed by atoms with Gasteiger partial charge < -0.3 is 15.2 Å². The first-order chi connectivity index (χ1) is 9.13. The number of ether oxygens (including phenoxy) is 1. The fourth-order valence-corrected chi connectivity index (χ4v) is 2.94. The zero-order chi connectivity index (χ0) is 13.7. The van der Waals surface area contributed by atoms with Gasteiger partial charge in [0.2, 0.25) is 0 Å². The van der Waals surface area contributed by atoms with E-state index in [1.165, 1.54) is 11.3 Å². The molecule has 2 rings (SSSR count). The summed E-state index contributed by atoms with van der Waals surface area (Å²) in [4.78, 5) is 16.8. The number of carbonyl (C=O) groups is 1. The van der Waals surface area contributed by atoms with Gasteiger partial charge in [-0.3, -0.25) is 4.79 Å². The zero-order valence-corrected chi connectivity index (χ0v) is 12.0. The maximum atomic E-state index is 12.0. The molecule has 1 amide bonds. The van der Waals surface area contributed by atoms with E-state index in [0.717, 1.165) is 17.8 Å². The van der Waals surface area contributed by atoms with E-state index in [2.05, 4.69) is 17.2 Å². The predicted molar refractivity (Wildman–Crippen MR) is 73.4 cm³/mol. The minimum atomic E-state index is -0.829. The van der Waals surface area contributed by atoms with E-state index in [0.29, 0.717) is 30.9 Å². The number of hydrogen-bond donors (Lipinski definition) is 2. The van der Waals surface area contributed by atoms with E-state index in [-0.39, 0.29) is 12.5 Å². The van der Waals surface area contributed by atoms with Crippen LogP contribution < -0.4 is 5.32 Å². The molecule has 0 aliphatic carbocycles. The Morgan fingerprint density at radius 3 is 3.00 bits per heavy atom. The molecule has 1 fully saturated rings. The Balaban J connectivity index is 1.86. The fraction of sp³-hybridized carbons (Fsp3) is 0.692. The number of thiazole rings is 1. The van der Waals surface area contributed by atoms with Gasteiger partial charge in [-0.15, -0.1) is 11.3 Å². The predicted octanol–water partition coefficient (Wildman–Crippen LogP) is 1.37. The van der Waals surface area contributed by atoms with Crippen LogP contribution in [0, 0.1) is 0 Å². The van der Waals surface area contributed by atoms with Crippen LogP contribution in [0.2, 0.25) is 0 Å². The van der Waals surface area contributed by atoms with E-state index in [9.17, 15) is 9.90 Å². The summed E-state index contributed by atoms with van der Waals surface area (Å²) >= 11 is 1.42. The summed E-state index contributed by atoms with van der Waals surface area (Å²) in [5.74, 6) is -0.153. The molecule has 19 heavy (non-hydrogen) atoms. The van der Waals surface area contributed by atoms with Crippen molar-refractivity contribution >= 4 is 17.2 Å². The lowest BCUT2D eigenvalue weighted by atomic mass is 9.94. The number of nitrogens with zero attached hydrogens (tertiary/aromatic N) is 1. The number of aliphatic hydroxyl groups is 1. The van der Waals surface area contributed by atoms with Crippen LogP contribution in [0.3, 0.4) is 0 Å². The highest BCUT2D eigenvalue weighted by Crippen LogP contribution is 2.20. The standard InChI is InChI=1S/C13H20N2O3S/c1-2-3-11-14-8-10(19-11)12(16)15-9-13(17)4-6-18-7-5-13/h8,17H,2-7,9H2,1H3,(H,15,16). The smallest absolute Gasteiger partial charge is 0.263 e. The van der Waals surface area contributed by atoms with Crippen LogP contribution in [-0.2, 0) is 11.2 Å². The third-order valence-electron chi connectivity index (χ3n) is 3.24. The lowest BCUT2D eigenvalue weighted by molar-refractivity contribution is -0.0605. The van der Waals surface area contributed by atoms with Gasteiger partial charge >= 0.3 is 0 Å². The molecule has 0 radical (unpaired) electrons. The van der Waals surface area contributed by atoms with Gasteiger partial charge in [0.05, 0.1) is 16.8 Å². The highest BCUT2D eigenvalue weighted by atomic mass is 32.1. The number of amides is 1. The van der Waals surface area contributed by atoms with Gasteiger partial charge in [0, 0.05) is 32.6 Å². The first-order valence-electron chi connectivity index (χ1n) is 6.66. The second-order valence-electron chi connectivity index (χ2n) is 4.89. The molecular formula is C13H20N2O3S. The fourth-order valence-electron chi connectivity index (χ4n) is 2.00. The quantitative estimate of drug-likeness (QED) is 0.856. The summed E-state index contributed by atoms with van der Waals surface area (Å²) < 4.78 is 5.21. The van der Waals surface area contributed by atoms with Gasteiger partial charge in [0.15, 0.2) is 0 Å². The number of carbonyl (C=O) groups excluding carboxylic acids is 1. The van der Waals surface area contributed by atoms with Crippen molar-refractivity contribution in [2.45, 2.75) is 38.2 Å². The molecule has 2 heterocycles. The molecule has 5 nitrogen and oxygen atoms in total. The molecule has 1 saturated heterocycles. The molecule has 106 valence electrons. The van der Waals surface area contributed by atoms with E-state index < -0.39 is 5.60 Å². The Morgan fingerprint density at radius 1 is 1.58 bits per heavy atom. The van der Waals surface area contributed by atoms with Gasteiger partial charge in [-0.05, 0) is 12.8 Å². The van der Waals surface area contributed by atoms with Crippen molar-refractivity contribution in [3.8, 4) is 0 Å². The molecular weight excluding hydrogens is 264 g/mol. The molecule has 0 atom stereocenters. The number of hydrogen-bond acceptors (Lipinski definition) is 5. The Hall–Kier alpha value is -0.980. The lowest BCUT2D eigenvalue weighted by Crippen LogP contribution is -2.46. The first kappa shape index (κ1) is 14.4. The van der Waals surface area contributed by atoms with Crippen molar-refractivity contribution in [3.63, 3.8) is 0 Å². The van der Waals surface area contributed by atoms with Crippen molar-refractivity contribution in [3.05, 3.63) is 16.1 Å².